The highest BCUT2D eigenvalue weighted by Crippen LogP contribution is 2.39. The summed E-state index contributed by atoms with van der Waals surface area (Å²) >= 11 is 1.23. The minimum atomic E-state index is -0.0662. The predicted octanol–water partition coefficient (Wildman–Crippen LogP) is 8.32. The first kappa shape index (κ1) is 31.1. The third-order valence-corrected chi connectivity index (χ3v) is 8.98. The van der Waals surface area contributed by atoms with E-state index in [1.807, 2.05) is 0 Å². The van der Waals surface area contributed by atoms with Crippen LogP contribution < -0.4 is 4.74 Å². The Kier molecular flexibility index (Phi) is 14.1. The molecule has 0 radical (unpaired) electrons. The first-order valence-corrected chi connectivity index (χ1v) is 16.5. The second-order valence-electron chi connectivity index (χ2n) is 11.9. The zero-order valence-electron chi connectivity index (χ0n) is 24.6. The van der Waals surface area contributed by atoms with Gasteiger partial charge in [0.15, 0.2) is 0 Å². The van der Waals surface area contributed by atoms with Gasteiger partial charge in [-0.15, -0.1) is 4.37 Å². The van der Waals surface area contributed by atoms with Gasteiger partial charge in [-0.3, -0.25) is 9.28 Å². The zero-order chi connectivity index (χ0) is 27.1. The maximum atomic E-state index is 13.0. The van der Waals surface area contributed by atoms with E-state index in [2.05, 4.69) is 35.7 Å². The van der Waals surface area contributed by atoms with Gasteiger partial charge in [-0.2, -0.15) is 4.37 Å². The van der Waals surface area contributed by atoms with Crippen molar-refractivity contribution in [1.29, 1.82) is 0 Å². The topological polar surface area (TPSA) is 61.3 Å². The number of nitrogens with zero attached hydrogens (tertiary/aromatic N) is 3. The van der Waals surface area contributed by atoms with E-state index in [-0.39, 0.29) is 12.2 Å². The van der Waals surface area contributed by atoms with Crippen LogP contribution in [0.15, 0.2) is 6.08 Å². The molecule has 2 heterocycles. The van der Waals surface area contributed by atoms with Crippen LogP contribution in [-0.2, 0) is 9.53 Å². The molecule has 0 aromatic carbocycles. The summed E-state index contributed by atoms with van der Waals surface area (Å²) in [4.78, 5) is 13.0. The summed E-state index contributed by atoms with van der Waals surface area (Å²) in [5.74, 6) is 1.13. The van der Waals surface area contributed by atoms with Crippen LogP contribution in [0.5, 0.6) is 5.88 Å². The van der Waals surface area contributed by atoms with Gasteiger partial charge in [0, 0.05) is 24.3 Å². The van der Waals surface area contributed by atoms with Crippen molar-refractivity contribution in [3.8, 4) is 5.88 Å². The Morgan fingerprint density at radius 1 is 0.974 bits per heavy atom. The molecule has 1 saturated carbocycles. The quantitative estimate of drug-likeness (QED) is 0.0931. The molecule has 1 aliphatic heterocycles. The highest BCUT2D eigenvalue weighted by Gasteiger charge is 2.45. The Labute approximate surface area is 236 Å². The fourth-order valence-corrected chi connectivity index (χ4v) is 6.39. The largest absolute Gasteiger partial charge is 0.475 e. The van der Waals surface area contributed by atoms with Crippen molar-refractivity contribution in [1.82, 2.24) is 8.75 Å². The van der Waals surface area contributed by atoms with E-state index in [9.17, 15) is 4.79 Å². The average molecular weight is 549 g/mol. The Morgan fingerprint density at radius 2 is 1.63 bits per heavy atom. The number of esters is 1. The lowest BCUT2D eigenvalue weighted by atomic mass is 9.82. The van der Waals surface area contributed by atoms with Gasteiger partial charge in [0.1, 0.15) is 12.2 Å². The van der Waals surface area contributed by atoms with Crippen LogP contribution in [0.25, 0.3) is 5.57 Å². The number of carbonyl (C=O) groups excluding carboxylic acids is 1. The standard InChI is InChI=1S/C31H54N3O3S/c1-4-6-8-10-11-12-13-14-15-22-28(35)37-31(26-19-17-20-26)34(3)23-18-21-27(25-34)29-30(33-38-32-29)36-24-16-9-7-5-2/h21,26,31H,4-20,22-25H2,1-3H3/q+1. The van der Waals surface area contributed by atoms with Crippen LogP contribution in [0.2, 0.25) is 0 Å². The number of rotatable bonds is 20. The minimum Gasteiger partial charge on any atom is -0.475 e. The van der Waals surface area contributed by atoms with Crippen LogP contribution in [0.3, 0.4) is 0 Å². The van der Waals surface area contributed by atoms with Gasteiger partial charge in [-0.05, 0) is 25.7 Å². The molecule has 1 aromatic heterocycles. The van der Waals surface area contributed by atoms with Crippen molar-refractivity contribution in [2.45, 2.75) is 136 Å². The van der Waals surface area contributed by atoms with Crippen molar-refractivity contribution < 1.29 is 18.8 Å². The second-order valence-corrected chi connectivity index (χ2v) is 12.4. The number of likely N-dealkylation sites (N-methyl/N-ethyl adjacent to an activating group) is 1. The number of unbranched alkanes of at least 4 members (excludes halogenated alkanes) is 11. The van der Waals surface area contributed by atoms with Crippen LogP contribution in [0.1, 0.15) is 135 Å². The molecule has 2 unspecified atom stereocenters. The van der Waals surface area contributed by atoms with Crippen LogP contribution in [0, 0.1) is 5.92 Å². The molecule has 0 saturated heterocycles. The monoisotopic (exact) mass is 548 g/mol. The van der Waals surface area contributed by atoms with E-state index in [4.69, 9.17) is 9.47 Å². The Hall–Kier alpha value is -1.47. The molecule has 6 nitrogen and oxygen atoms in total. The van der Waals surface area contributed by atoms with E-state index in [0.29, 0.717) is 24.8 Å². The summed E-state index contributed by atoms with van der Waals surface area (Å²) in [6, 6.07) is 0. The lowest BCUT2D eigenvalue weighted by molar-refractivity contribution is -0.951. The van der Waals surface area contributed by atoms with E-state index >= 15 is 0 Å². The molecule has 3 rings (SSSR count). The molecule has 0 bridgehead atoms. The number of hydrogen-bond acceptors (Lipinski definition) is 6. The van der Waals surface area contributed by atoms with Crippen molar-refractivity contribution in [2.75, 3.05) is 26.7 Å². The van der Waals surface area contributed by atoms with Gasteiger partial charge < -0.3 is 9.47 Å². The van der Waals surface area contributed by atoms with Crippen molar-refractivity contribution in [2.24, 2.45) is 5.92 Å². The molecule has 2 atom stereocenters. The zero-order valence-corrected chi connectivity index (χ0v) is 25.4. The fourth-order valence-electron chi connectivity index (χ4n) is 5.86. The van der Waals surface area contributed by atoms with Crippen LogP contribution >= 0.6 is 11.7 Å². The summed E-state index contributed by atoms with van der Waals surface area (Å²) in [6.07, 6.45) is 23.3. The summed E-state index contributed by atoms with van der Waals surface area (Å²) in [5.41, 5.74) is 2.08. The molecular weight excluding hydrogens is 494 g/mol. The third-order valence-electron chi connectivity index (χ3n) is 8.47. The molecule has 38 heavy (non-hydrogen) atoms. The highest BCUT2D eigenvalue weighted by molar-refractivity contribution is 6.99. The highest BCUT2D eigenvalue weighted by atomic mass is 32.1. The van der Waals surface area contributed by atoms with E-state index in [1.54, 1.807) is 0 Å². The predicted molar refractivity (Wildman–Crippen MR) is 157 cm³/mol. The third kappa shape index (κ3) is 9.93. The minimum absolute atomic E-state index is 0.00766. The lowest BCUT2D eigenvalue weighted by Gasteiger charge is -2.47. The van der Waals surface area contributed by atoms with Crippen molar-refractivity contribution >= 4 is 23.3 Å². The fraction of sp³-hybridized carbons (Fsp3) is 0.839. The van der Waals surface area contributed by atoms with Crippen LogP contribution in [0.4, 0.5) is 0 Å². The molecule has 0 N–H and O–H groups in total. The maximum absolute atomic E-state index is 13.0. The van der Waals surface area contributed by atoms with Gasteiger partial charge >= 0.3 is 5.97 Å². The Morgan fingerprint density at radius 3 is 2.29 bits per heavy atom. The molecular formula is C31H54N3O3S+. The number of ether oxygens (including phenoxy) is 2. The summed E-state index contributed by atoms with van der Waals surface area (Å²) in [6.45, 7) is 6.97. The normalized spacial score (nSPS) is 20.6. The average Bonchev–Trinajstić information content (AvgIpc) is 3.35. The molecule has 2 aliphatic rings. The summed E-state index contributed by atoms with van der Waals surface area (Å²) < 4.78 is 22.2. The Bertz CT molecular complexity index is 838. The molecule has 216 valence electrons. The molecule has 1 fully saturated rings. The molecule has 7 heteroatoms. The van der Waals surface area contributed by atoms with E-state index in [0.717, 1.165) is 61.8 Å². The number of carbonyl (C=O) groups is 1. The second kappa shape index (κ2) is 17.3. The van der Waals surface area contributed by atoms with Crippen LogP contribution in [-0.4, -0.2) is 52.2 Å². The number of hydrogen-bond donors (Lipinski definition) is 0. The van der Waals surface area contributed by atoms with E-state index < -0.39 is 0 Å². The van der Waals surface area contributed by atoms with Gasteiger partial charge in [0.05, 0.1) is 31.9 Å². The molecule has 0 spiro atoms. The first-order chi connectivity index (χ1) is 18.6. The van der Waals surface area contributed by atoms with Crippen molar-refractivity contribution in [3.05, 3.63) is 11.8 Å². The maximum Gasteiger partial charge on any atom is 0.310 e. The van der Waals surface area contributed by atoms with Gasteiger partial charge in [0.2, 0.25) is 6.23 Å². The lowest BCUT2D eigenvalue weighted by Crippen LogP contribution is -2.60. The number of quaternary nitrogens is 1. The summed E-state index contributed by atoms with van der Waals surface area (Å²) in [7, 11) is 2.27. The smallest absolute Gasteiger partial charge is 0.310 e. The van der Waals surface area contributed by atoms with Crippen molar-refractivity contribution in [3.63, 3.8) is 0 Å². The molecule has 0 amide bonds. The van der Waals surface area contributed by atoms with Gasteiger partial charge in [-0.25, -0.2) is 0 Å². The molecule has 1 aromatic rings. The summed E-state index contributed by atoms with van der Waals surface area (Å²) in [5, 5.41) is 0. The number of aromatic nitrogens is 2. The SMILES string of the molecule is CCCCCCCCCCCC(=O)OC(C1CCC1)[N+]1(C)CCC=C(c2nsnc2OCCCCCC)C1. The van der Waals surface area contributed by atoms with Gasteiger partial charge in [-0.1, -0.05) is 97.0 Å². The van der Waals surface area contributed by atoms with Gasteiger partial charge in [0.25, 0.3) is 5.88 Å². The van der Waals surface area contributed by atoms with E-state index in [1.165, 1.54) is 87.9 Å². The first-order valence-electron chi connectivity index (χ1n) is 15.8. The molecule has 1 aliphatic carbocycles. The Balaban J connectivity index is 1.49.